The SMILES string of the molecule is C/C=C1\C=C(C(C)(C)C#N)C=CC1=N. The Hall–Kier alpha value is -1.62. The number of rotatable bonds is 1. The molecule has 0 fully saturated rings. The molecule has 1 N–H and O–H groups in total. The van der Waals surface area contributed by atoms with Crippen LogP contribution in [0, 0.1) is 22.2 Å². The van der Waals surface area contributed by atoms with E-state index in [2.05, 4.69) is 6.07 Å². The van der Waals surface area contributed by atoms with Gasteiger partial charge in [-0.3, -0.25) is 0 Å². The minimum atomic E-state index is -0.481. The molecule has 0 unspecified atom stereocenters. The van der Waals surface area contributed by atoms with Gasteiger partial charge in [-0.25, -0.2) is 0 Å². The third-order valence-corrected chi connectivity index (χ3v) is 2.36. The fraction of sp³-hybridized carbons (Fsp3) is 0.333. The first-order chi connectivity index (χ1) is 6.51. The lowest BCUT2D eigenvalue weighted by atomic mass is 9.81. The lowest BCUT2D eigenvalue weighted by Crippen LogP contribution is -2.14. The molecule has 1 aliphatic carbocycles. The van der Waals surface area contributed by atoms with E-state index in [1.54, 1.807) is 6.08 Å². The zero-order chi connectivity index (χ0) is 10.8. The van der Waals surface area contributed by atoms with Crippen molar-refractivity contribution in [2.45, 2.75) is 20.8 Å². The average Bonchev–Trinajstić information content (AvgIpc) is 2.18. The molecule has 0 spiro atoms. The Kier molecular flexibility index (Phi) is 2.71. The molecule has 0 aliphatic heterocycles. The molecule has 0 aromatic rings. The highest BCUT2D eigenvalue weighted by Gasteiger charge is 2.23. The fourth-order valence-electron chi connectivity index (χ4n) is 1.25. The number of allylic oxidation sites excluding steroid dienone is 6. The number of hydrogen-bond donors (Lipinski definition) is 1. The lowest BCUT2D eigenvalue weighted by Gasteiger charge is -2.20. The van der Waals surface area contributed by atoms with Crippen molar-refractivity contribution in [1.29, 1.82) is 10.7 Å². The molecule has 0 saturated carbocycles. The monoisotopic (exact) mass is 186 g/mol. The van der Waals surface area contributed by atoms with Crippen LogP contribution < -0.4 is 0 Å². The Balaban J connectivity index is 3.13. The van der Waals surface area contributed by atoms with Crippen molar-refractivity contribution in [3.8, 4) is 6.07 Å². The molecule has 0 heterocycles. The lowest BCUT2D eigenvalue weighted by molar-refractivity contribution is 0.612. The zero-order valence-electron chi connectivity index (χ0n) is 8.76. The molecule has 0 aromatic carbocycles. The quantitative estimate of drug-likeness (QED) is 0.672. The maximum atomic E-state index is 8.97. The summed E-state index contributed by atoms with van der Waals surface area (Å²) in [5, 5.41) is 16.6. The Morgan fingerprint density at radius 2 is 2.07 bits per heavy atom. The average molecular weight is 186 g/mol. The van der Waals surface area contributed by atoms with Gasteiger partial charge in [0.15, 0.2) is 0 Å². The molecular weight excluding hydrogens is 172 g/mol. The van der Waals surface area contributed by atoms with Gasteiger partial charge in [-0.1, -0.05) is 12.2 Å². The summed E-state index contributed by atoms with van der Waals surface area (Å²) < 4.78 is 0. The number of nitrogens with one attached hydrogen (secondary N) is 1. The summed E-state index contributed by atoms with van der Waals surface area (Å²) in [6.07, 6.45) is 7.38. The van der Waals surface area contributed by atoms with Gasteiger partial charge < -0.3 is 5.41 Å². The third-order valence-electron chi connectivity index (χ3n) is 2.36. The van der Waals surface area contributed by atoms with Crippen molar-refractivity contribution in [3.63, 3.8) is 0 Å². The van der Waals surface area contributed by atoms with Gasteiger partial charge in [0.1, 0.15) is 0 Å². The van der Waals surface area contributed by atoms with Gasteiger partial charge in [0, 0.05) is 0 Å². The van der Waals surface area contributed by atoms with E-state index in [0.29, 0.717) is 5.71 Å². The predicted octanol–water partition coefficient (Wildman–Crippen LogP) is 3.00. The molecule has 1 aliphatic rings. The largest absolute Gasteiger partial charge is 0.300 e. The van der Waals surface area contributed by atoms with Crippen molar-refractivity contribution in [3.05, 3.63) is 35.5 Å². The summed E-state index contributed by atoms with van der Waals surface area (Å²) in [6.45, 7) is 5.66. The summed E-state index contributed by atoms with van der Waals surface area (Å²) in [6, 6.07) is 2.25. The maximum absolute atomic E-state index is 8.97. The standard InChI is InChI=1S/C12H14N2/c1-4-9-7-10(5-6-11(9)14)12(2,3)8-13/h4-7,14H,1-3H3/b9-4+,14-11?. The molecule has 0 aromatic heterocycles. The van der Waals surface area contributed by atoms with E-state index in [1.165, 1.54) is 0 Å². The van der Waals surface area contributed by atoms with Crippen molar-refractivity contribution in [1.82, 2.24) is 0 Å². The van der Waals surface area contributed by atoms with E-state index in [1.807, 2.05) is 39.0 Å². The first-order valence-corrected chi connectivity index (χ1v) is 4.58. The molecule has 2 nitrogen and oxygen atoms in total. The second kappa shape index (κ2) is 3.63. The maximum Gasteiger partial charge on any atom is 0.0766 e. The van der Waals surface area contributed by atoms with Gasteiger partial charge in [-0.05, 0) is 44.1 Å². The van der Waals surface area contributed by atoms with Crippen LogP contribution in [-0.2, 0) is 0 Å². The minimum absolute atomic E-state index is 0.481. The van der Waals surface area contributed by atoms with Gasteiger partial charge in [0.2, 0.25) is 0 Å². The molecule has 0 saturated heterocycles. The van der Waals surface area contributed by atoms with E-state index in [0.717, 1.165) is 11.1 Å². The van der Waals surface area contributed by atoms with Crippen LogP contribution in [0.25, 0.3) is 0 Å². The molecule has 0 atom stereocenters. The van der Waals surface area contributed by atoms with E-state index < -0.39 is 5.41 Å². The predicted molar refractivity (Wildman–Crippen MR) is 58.1 cm³/mol. The topological polar surface area (TPSA) is 47.6 Å². The fourth-order valence-corrected chi connectivity index (χ4v) is 1.25. The van der Waals surface area contributed by atoms with Gasteiger partial charge in [-0.2, -0.15) is 5.26 Å². The Bertz CT molecular complexity index is 387. The smallest absolute Gasteiger partial charge is 0.0766 e. The van der Waals surface area contributed by atoms with Gasteiger partial charge >= 0.3 is 0 Å². The van der Waals surface area contributed by atoms with Gasteiger partial charge in [0.05, 0.1) is 17.2 Å². The van der Waals surface area contributed by atoms with E-state index in [4.69, 9.17) is 10.7 Å². The highest BCUT2D eigenvalue weighted by molar-refractivity contribution is 6.09. The Morgan fingerprint density at radius 3 is 2.57 bits per heavy atom. The normalized spacial score (nSPS) is 19.4. The second-order valence-electron chi connectivity index (χ2n) is 3.83. The zero-order valence-corrected chi connectivity index (χ0v) is 8.76. The summed E-state index contributed by atoms with van der Waals surface area (Å²) in [7, 11) is 0. The number of nitriles is 1. The van der Waals surface area contributed by atoms with Crippen LogP contribution in [0.1, 0.15) is 20.8 Å². The number of hydrogen-bond acceptors (Lipinski definition) is 2. The van der Waals surface area contributed by atoms with Crippen LogP contribution in [-0.4, -0.2) is 5.71 Å². The van der Waals surface area contributed by atoms with Crippen molar-refractivity contribution >= 4 is 5.71 Å². The molecule has 0 bridgehead atoms. The van der Waals surface area contributed by atoms with Crippen LogP contribution >= 0.6 is 0 Å². The Morgan fingerprint density at radius 1 is 1.43 bits per heavy atom. The van der Waals surface area contributed by atoms with Crippen LogP contribution in [0.15, 0.2) is 35.5 Å². The van der Waals surface area contributed by atoms with E-state index in [9.17, 15) is 0 Å². The third kappa shape index (κ3) is 1.82. The molecule has 72 valence electrons. The minimum Gasteiger partial charge on any atom is -0.300 e. The van der Waals surface area contributed by atoms with Crippen molar-refractivity contribution in [2.24, 2.45) is 5.41 Å². The molecule has 14 heavy (non-hydrogen) atoms. The van der Waals surface area contributed by atoms with Crippen LogP contribution in [0.2, 0.25) is 0 Å². The highest BCUT2D eigenvalue weighted by Crippen LogP contribution is 2.29. The van der Waals surface area contributed by atoms with Crippen molar-refractivity contribution in [2.75, 3.05) is 0 Å². The highest BCUT2D eigenvalue weighted by atomic mass is 14.4. The van der Waals surface area contributed by atoms with E-state index >= 15 is 0 Å². The number of nitrogens with zero attached hydrogens (tertiary/aromatic N) is 1. The van der Waals surface area contributed by atoms with Gasteiger partial charge in [0.25, 0.3) is 0 Å². The van der Waals surface area contributed by atoms with Gasteiger partial charge in [-0.15, -0.1) is 0 Å². The second-order valence-corrected chi connectivity index (χ2v) is 3.83. The van der Waals surface area contributed by atoms with Crippen LogP contribution in [0.4, 0.5) is 0 Å². The van der Waals surface area contributed by atoms with E-state index in [-0.39, 0.29) is 0 Å². The first kappa shape index (κ1) is 10.5. The molecule has 0 amide bonds. The summed E-state index contributed by atoms with van der Waals surface area (Å²) in [5.41, 5.74) is 1.87. The van der Waals surface area contributed by atoms with Crippen LogP contribution in [0.3, 0.4) is 0 Å². The summed E-state index contributed by atoms with van der Waals surface area (Å²) >= 11 is 0. The first-order valence-electron chi connectivity index (χ1n) is 4.58. The molecule has 1 rings (SSSR count). The van der Waals surface area contributed by atoms with Crippen LogP contribution in [0.5, 0.6) is 0 Å². The van der Waals surface area contributed by atoms with Crippen molar-refractivity contribution < 1.29 is 0 Å². The molecule has 2 heteroatoms. The molecular formula is C12H14N2. The summed E-state index contributed by atoms with van der Waals surface area (Å²) in [5.74, 6) is 0. The molecule has 0 radical (unpaired) electrons. The Labute approximate surface area is 84.8 Å². The summed E-state index contributed by atoms with van der Waals surface area (Å²) in [4.78, 5) is 0.